The third-order valence-corrected chi connectivity index (χ3v) is 3.34. The Balaban J connectivity index is 2.32. The van der Waals surface area contributed by atoms with Crippen molar-refractivity contribution in [3.05, 3.63) is 16.4 Å². The molecule has 19 heavy (non-hydrogen) atoms. The van der Waals surface area contributed by atoms with Crippen LogP contribution in [0.5, 0.6) is 0 Å². The molecule has 106 valence electrons. The average Bonchev–Trinajstić information content (AvgIpc) is 2.81. The largest absolute Gasteiger partial charge is 0.437 e. The van der Waals surface area contributed by atoms with E-state index in [2.05, 4.69) is 5.10 Å². The van der Waals surface area contributed by atoms with Crippen molar-refractivity contribution in [2.75, 3.05) is 6.54 Å². The SMILES string of the molecule is CC(C)N1CCC(n2nc(C(C)(C)C)oc2=O)C1=O. The lowest BCUT2D eigenvalue weighted by Gasteiger charge is -2.20. The smallest absolute Gasteiger partial charge is 0.392 e. The van der Waals surface area contributed by atoms with Crippen LogP contribution in [0.2, 0.25) is 0 Å². The first-order valence-electron chi connectivity index (χ1n) is 6.62. The maximum atomic E-state index is 12.2. The van der Waals surface area contributed by atoms with E-state index in [0.717, 1.165) is 0 Å². The number of hydrogen-bond donors (Lipinski definition) is 0. The molecule has 0 bridgehead atoms. The van der Waals surface area contributed by atoms with Gasteiger partial charge in [-0.3, -0.25) is 4.79 Å². The number of hydrogen-bond acceptors (Lipinski definition) is 4. The Morgan fingerprint density at radius 2 is 1.95 bits per heavy atom. The van der Waals surface area contributed by atoms with Crippen LogP contribution in [0.3, 0.4) is 0 Å². The molecule has 1 aliphatic rings. The molecule has 6 heteroatoms. The van der Waals surface area contributed by atoms with Crippen LogP contribution in [0.25, 0.3) is 0 Å². The molecule has 6 nitrogen and oxygen atoms in total. The number of aromatic nitrogens is 2. The quantitative estimate of drug-likeness (QED) is 0.810. The van der Waals surface area contributed by atoms with Crippen LogP contribution in [0.4, 0.5) is 0 Å². The first kappa shape index (κ1) is 13.8. The molecule has 0 N–H and O–H groups in total. The van der Waals surface area contributed by atoms with Gasteiger partial charge < -0.3 is 9.32 Å². The molecule has 2 rings (SSSR count). The Hall–Kier alpha value is -1.59. The number of likely N-dealkylation sites (tertiary alicyclic amines) is 1. The maximum Gasteiger partial charge on any atom is 0.437 e. The van der Waals surface area contributed by atoms with Crippen molar-refractivity contribution in [3.63, 3.8) is 0 Å². The number of carbonyl (C=O) groups is 1. The second-order valence-electron chi connectivity index (χ2n) is 6.30. The van der Waals surface area contributed by atoms with E-state index >= 15 is 0 Å². The highest BCUT2D eigenvalue weighted by atomic mass is 16.4. The topological polar surface area (TPSA) is 68.3 Å². The molecule has 1 amide bonds. The minimum atomic E-state index is -0.547. The molecule has 0 radical (unpaired) electrons. The molecule has 0 spiro atoms. The summed E-state index contributed by atoms with van der Waals surface area (Å²) in [4.78, 5) is 25.9. The summed E-state index contributed by atoms with van der Waals surface area (Å²) in [6.07, 6.45) is 0.604. The molecule has 1 unspecified atom stereocenters. The highest BCUT2D eigenvalue weighted by molar-refractivity contribution is 5.82. The molecular weight excluding hydrogens is 246 g/mol. The third-order valence-electron chi connectivity index (χ3n) is 3.34. The normalized spacial score (nSPS) is 20.6. The van der Waals surface area contributed by atoms with E-state index < -0.39 is 11.8 Å². The predicted molar refractivity (Wildman–Crippen MR) is 70.0 cm³/mol. The monoisotopic (exact) mass is 267 g/mol. The molecule has 1 aliphatic heterocycles. The van der Waals surface area contributed by atoms with Gasteiger partial charge in [-0.15, -0.1) is 5.10 Å². The highest BCUT2D eigenvalue weighted by Crippen LogP contribution is 2.25. The van der Waals surface area contributed by atoms with E-state index in [9.17, 15) is 9.59 Å². The summed E-state index contributed by atoms with van der Waals surface area (Å²) in [6.45, 7) is 10.3. The Bertz CT molecular complexity index is 536. The third kappa shape index (κ3) is 2.43. The fraction of sp³-hybridized carbons (Fsp3) is 0.769. The lowest BCUT2D eigenvalue weighted by atomic mass is 9.97. The molecule has 1 saturated heterocycles. The Morgan fingerprint density at radius 3 is 2.37 bits per heavy atom. The van der Waals surface area contributed by atoms with Gasteiger partial charge in [-0.05, 0) is 20.3 Å². The van der Waals surface area contributed by atoms with Crippen molar-refractivity contribution >= 4 is 5.91 Å². The van der Waals surface area contributed by atoms with Gasteiger partial charge in [0.1, 0.15) is 6.04 Å². The molecular formula is C13H21N3O3. The van der Waals surface area contributed by atoms with Gasteiger partial charge in [-0.1, -0.05) is 20.8 Å². The zero-order chi connectivity index (χ0) is 14.4. The standard InChI is InChI=1S/C13H21N3O3/c1-8(2)15-7-6-9(10(15)17)16-12(18)19-11(14-16)13(3,4)5/h8-9H,6-7H2,1-5H3. The summed E-state index contributed by atoms with van der Waals surface area (Å²) in [5, 5.41) is 4.20. The van der Waals surface area contributed by atoms with Crippen LogP contribution in [-0.2, 0) is 10.2 Å². The Labute approximate surface area is 112 Å². The van der Waals surface area contributed by atoms with Gasteiger partial charge in [-0.25, -0.2) is 4.79 Å². The van der Waals surface area contributed by atoms with E-state index in [-0.39, 0.29) is 17.4 Å². The molecule has 2 heterocycles. The van der Waals surface area contributed by atoms with E-state index in [1.165, 1.54) is 4.68 Å². The molecule has 1 aromatic rings. The van der Waals surface area contributed by atoms with Crippen LogP contribution < -0.4 is 5.76 Å². The van der Waals surface area contributed by atoms with E-state index in [4.69, 9.17) is 4.42 Å². The van der Waals surface area contributed by atoms with Crippen LogP contribution >= 0.6 is 0 Å². The minimum absolute atomic E-state index is 0.0501. The molecule has 1 atom stereocenters. The van der Waals surface area contributed by atoms with Gasteiger partial charge in [0, 0.05) is 18.0 Å². The fourth-order valence-corrected chi connectivity index (χ4v) is 2.21. The number of carbonyl (C=O) groups excluding carboxylic acids is 1. The zero-order valence-electron chi connectivity index (χ0n) is 12.1. The average molecular weight is 267 g/mol. The summed E-state index contributed by atoms with van der Waals surface area (Å²) in [5.74, 6) is -0.229. The van der Waals surface area contributed by atoms with Gasteiger partial charge in [0.2, 0.25) is 11.8 Å². The summed E-state index contributed by atoms with van der Waals surface area (Å²) in [7, 11) is 0. The molecule has 1 aromatic heterocycles. The first-order chi connectivity index (χ1) is 8.71. The van der Waals surface area contributed by atoms with Crippen LogP contribution in [-0.4, -0.2) is 33.2 Å². The lowest BCUT2D eigenvalue weighted by molar-refractivity contribution is -0.132. The van der Waals surface area contributed by atoms with Crippen molar-refractivity contribution in [3.8, 4) is 0 Å². The number of amides is 1. The summed E-state index contributed by atoms with van der Waals surface area (Å²) in [6, 6.07) is -0.378. The Morgan fingerprint density at radius 1 is 1.32 bits per heavy atom. The van der Waals surface area contributed by atoms with E-state index in [0.29, 0.717) is 18.9 Å². The zero-order valence-corrected chi connectivity index (χ0v) is 12.1. The van der Waals surface area contributed by atoms with Crippen molar-refractivity contribution < 1.29 is 9.21 Å². The van der Waals surface area contributed by atoms with Crippen molar-refractivity contribution in [2.45, 2.75) is 58.5 Å². The molecule has 0 aromatic carbocycles. The van der Waals surface area contributed by atoms with Gasteiger partial charge in [-0.2, -0.15) is 4.68 Å². The van der Waals surface area contributed by atoms with Crippen LogP contribution in [0, 0.1) is 0 Å². The van der Waals surface area contributed by atoms with Crippen molar-refractivity contribution in [1.29, 1.82) is 0 Å². The first-order valence-corrected chi connectivity index (χ1v) is 6.62. The van der Waals surface area contributed by atoms with Crippen molar-refractivity contribution in [2.24, 2.45) is 0 Å². The lowest BCUT2D eigenvalue weighted by Crippen LogP contribution is -2.36. The Kier molecular flexibility index (Phi) is 3.28. The molecule has 0 saturated carbocycles. The summed E-state index contributed by atoms with van der Waals surface area (Å²) < 4.78 is 6.36. The number of nitrogens with zero attached hydrogens (tertiary/aromatic N) is 3. The molecule has 0 aliphatic carbocycles. The van der Waals surface area contributed by atoms with Crippen LogP contribution in [0.1, 0.15) is 53.0 Å². The minimum Gasteiger partial charge on any atom is -0.392 e. The summed E-state index contributed by atoms with van der Waals surface area (Å²) >= 11 is 0. The predicted octanol–water partition coefficient (Wildman–Crippen LogP) is 1.32. The van der Waals surface area contributed by atoms with Gasteiger partial charge >= 0.3 is 5.76 Å². The number of rotatable bonds is 2. The fourth-order valence-electron chi connectivity index (χ4n) is 2.21. The van der Waals surface area contributed by atoms with Gasteiger partial charge in [0.15, 0.2) is 0 Å². The van der Waals surface area contributed by atoms with Crippen molar-refractivity contribution in [1.82, 2.24) is 14.7 Å². The summed E-state index contributed by atoms with van der Waals surface area (Å²) in [5.41, 5.74) is -0.343. The second kappa shape index (κ2) is 4.51. The molecule has 1 fully saturated rings. The maximum absolute atomic E-state index is 12.2. The highest BCUT2D eigenvalue weighted by Gasteiger charge is 2.37. The van der Waals surface area contributed by atoms with Gasteiger partial charge in [0.25, 0.3) is 0 Å². The van der Waals surface area contributed by atoms with E-state index in [1.807, 2.05) is 34.6 Å². The second-order valence-corrected chi connectivity index (χ2v) is 6.30. The van der Waals surface area contributed by atoms with E-state index in [1.54, 1.807) is 4.90 Å². The van der Waals surface area contributed by atoms with Crippen LogP contribution in [0.15, 0.2) is 9.21 Å². The van der Waals surface area contributed by atoms with Gasteiger partial charge in [0.05, 0.1) is 0 Å².